The number of rotatable bonds is 4. The van der Waals surface area contributed by atoms with Crippen LogP contribution in [0.5, 0.6) is 0 Å². The first kappa shape index (κ1) is 13.5. The number of carbonyl (C=O) groups excluding carboxylic acids is 1. The van der Waals surface area contributed by atoms with Gasteiger partial charge < -0.3 is 10.2 Å². The molecule has 1 N–H and O–H groups in total. The van der Waals surface area contributed by atoms with E-state index >= 15 is 0 Å². The molecular weight excluding hydrogens is 294 g/mol. The first-order chi connectivity index (χ1) is 10.8. The minimum atomic E-state index is 0.236. The minimum Gasteiger partial charge on any atom is -0.358 e. The summed E-state index contributed by atoms with van der Waals surface area (Å²) in [7, 11) is 0. The second-order valence-corrected chi connectivity index (χ2v) is 6.53. The molecule has 0 spiro atoms. The van der Waals surface area contributed by atoms with Crippen LogP contribution < -0.4 is 10.2 Å². The average molecular weight is 311 g/mol. The molecule has 2 aliphatic heterocycles. The molecule has 3 heterocycles. The van der Waals surface area contributed by atoms with Crippen LogP contribution in [-0.2, 0) is 17.6 Å². The van der Waals surface area contributed by atoms with Crippen molar-refractivity contribution < 1.29 is 4.79 Å². The van der Waals surface area contributed by atoms with Crippen LogP contribution in [0.15, 0.2) is 30.2 Å². The summed E-state index contributed by atoms with van der Waals surface area (Å²) < 4.78 is 0. The Labute approximate surface area is 133 Å². The van der Waals surface area contributed by atoms with Crippen molar-refractivity contribution in [2.45, 2.75) is 19.3 Å². The minimum absolute atomic E-state index is 0.236. The van der Waals surface area contributed by atoms with Crippen LogP contribution in [0, 0.1) is 0 Å². The number of benzene rings is 1. The zero-order valence-corrected chi connectivity index (χ0v) is 13.1. The molecule has 0 saturated carbocycles. The van der Waals surface area contributed by atoms with Gasteiger partial charge in [0.05, 0.1) is 17.8 Å². The molecule has 4 rings (SSSR count). The number of thiazole rings is 1. The highest BCUT2D eigenvalue weighted by Crippen LogP contribution is 2.40. The molecular formula is C17H17N3OS. The molecule has 1 aromatic carbocycles. The summed E-state index contributed by atoms with van der Waals surface area (Å²) in [5.74, 6) is 0.236. The molecule has 0 fully saturated rings. The lowest BCUT2D eigenvalue weighted by atomic mass is 9.96. The highest BCUT2D eigenvalue weighted by molar-refractivity contribution is 7.14. The number of amides is 1. The van der Waals surface area contributed by atoms with E-state index in [-0.39, 0.29) is 5.91 Å². The van der Waals surface area contributed by atoms with Crippen molar-refractivity contribution in [1.82, 2.24) is 4.98 Å². The Bertz CT molecular complexity index is 765. The second-order valence-electron chi connectivity index (χ2n) is 5.68. The zero-order chi connectivity index (χ0) is 15.1. The average Bonchev–Trinajstić information content (AvgIpc) is 3.12. The van der Waals surface area contributed by atoms with Crippen LogP contribution in [0.3, 0.4) is 0 Å². The number of hydrogen-bond donors (Lipinski definition) is 1. The fraction of sp³-hybridized carbons (Fsp3) is 0.294. The molecule has 0 saturated heterocycles. The van der Waals surface area contributed by atoms with Crippen molar-refractivity contribution in [3.63, 3.8) is 0 Å². The van der Waals surface area contributed by atoms with E-state index in [0.29, 0.717) is 13.0 Å². The number of nitrogens with one attached hydrogen (secondary N) is 1. The summed E-state index contributed by atoms with van der Waals surface area (Å²) in [5, 5.41) is 6.19. The van der Waals surface area contributed by atoms with E-state index in [0.717, 1.165) is 41.3 Å². The van der Waals surface area contributed by atoms with E-state index in [9.17, 15) is 4.79 Å². The topological polar surface area (TPSA) is 45.2 Å². The maximum absolute atomic E-state index is 12.1. The summed E-state index contributed by atoms with van der Waals surface area (Å²) in [6.45, 7) is 5.28. The molecule has 0 radical (unpaired) electrons. The molecule has 1 amide bonds. The molecule has 0 bridgehead atoms. The lowest BCUT2D eigenvalue weighted by Gasteiger charge is -2.25. The van der Waals surface area contributed by atoms with Gasteiger partial charge in [-0.15, -0.1) is 17.9 Å². The Kier molecular flexibility index (Phi) is 3.22. The third kappa shape index (κ3) is 2.13. The largest absolute Gasteiger partial charge is 0.358 e. The van der Waals surface area contributed by atoms with E-state index < -0.39 is 0 Å². The SMILES string of the molecule is C=CCNc1nc(-c2cc3c4c(c2)CC(=O)N4CCC3)cs1. The van der Waals surface area contributed by atoms with Crippen LogP contribution in [0.2, 0.25) is 0 Å². The van der Waals surface area contributed by atoms with Crippen molar-refractivity contribution >= 4 is 28.1 Å². The van der Waals surface area contributed by atoms with Gasteiger partial charge in [-0.25, -0.2) is 4.98 Å². The fourth-order valence-electron chi connectivity index (χ4n) is 3.27. The molecule has 5 heteroatoms. The normalized spacial score (nSPS) is 15.8. The van der Waals surface area contributed by atoms with Gasteiger partial charge in [0.25, 0.3) is 0 Å². The first-order valence-electron chi connectivity index (χ1n) is 7.53. The molecule has 0 unspecified atom stereocenters. The van der Waals surface area contributed by atoms with Gasteiger partial charge in [-0.3, -0.25) is 4.79 Å². The van der Waals surface area contributed by atoms with Crippen molar-refractivity contribution in [3.05, 3.63) is 41.3 Å². The van der Waals surface area contributed by atoms with Gasteiger partial charge in [-0.1, -0.05) is 6.08 Å². The van der Waals surface area contributed by atoms with Crippen molar-refractivity contribution in [2.24, 2.45) is 0 Å². The summed E-state index contributed by atoms with van der Waals surface area (Å²) in [4.78, 5) is 18.7. The maximum atomic E-state index is 12.1. The molecule has 2 aromatic rings. The quantitative estimate of drug-likeness (QED) is 0.882. The second kappa shape index (κ2) is 5.25. The molecule has 2 aliphatic rings. The Morgan fingerprint density at radius 2 is 2.27 bits per heavy atom. The van der Waals surface area contributed by atoms with E-state index in [1.54, 1.807) is 11.3 Å². The van der Waals surface area contributed by atoms with Gasteiger partial charge in [0.2, 0.25) is 5.91 Å². The standard InChI is InChI=1S/C17H17N3OS/c1-2-5-18-17-19-14(10-22-17)12-7-11-4-3-6-20-15(21)9-13(8-12)16(11)20/h2,7-8,10H,1,3-6,9H2,(H,18,19). The zero-order valence-electron chi connectivity index (χ0n) is 12.3. The van der Waals surface area contributed by atoms with Crippen LogP contribution >= 0.6 is 11.3 Å². The summed E-state index contributed by atoms with van der Waals surface area (Å²) in [5.41, 5.74) is 5.71. The predicted octanol–water partition coefficient (Wildman–Crippen LogP) is 3.24. The maximum Gasteiger partial charge on any atom is 0.231 e. The Balaban J connectivity index is 1.72. The van der Waals surface area contributed by atoms with Gasteiger partial charge >= 0.3 is 0 Å². The Morgan fingerprint density at radius 1 is 1.41 bits per heavy atom. The van der Waals surface area contributed by atoms with Gasteiger partial charge in [0.1, 0.15) is 0 Å². The summed E-state index contributed by atoms with van der Waals surface area (Å²) in [6.07, 6.45) is 4.44. The van der Waals surface area contributed by atoms with Crippen LogP contribution in [-0.4, -0.2) is 24.0 Å². The Hall–Kier alpha value is -2.14. The molecule has 0 atom stereocenters. The number of hydrogen-bond acceptors (Lipinski definition) is 4. The predicted molar refractivity (Wildman–Crippen MR) is 90.6 cm³/mol. The molecule has 112 valence electrons. The lowest BCUT2D eigenvalue weighted by Crippen LogP contribution is -2.31. The highest BCUT2D eigenvalue weighted by atomic mass is 32.1. The van der Waals surface area contributed by atoms with Crippen molar-refractivity contribution in [1.29, 1.82) is 0 Å². The first-order valence-corrected chi connectivity index (χ1v) is 8.41. The molecule has 0 aliphatic carbocycles. The fourth-order valence-corrected chi connectivity index (χ4v) is 4.00. The van der Waals surface area contributed by atoms with Crippen LogP contribution in [0.4, 0.5) is 10.8 Å². The van der Waals surface area contributed by atoms with E-state index in [4.69, 9.17) is 0 Å². The van der Waals surface area contributed by atoms with Crippen molar-refractivity contribution in [3.8, 4) is 11.3 Å². The number of carbonyl (C=O) groups is 1. The van der Waals surface area contributed by atoms with Crippen molar-refractivity contribution in [2.75, 3.05) is 23.3 Å². The third-order valence-electron chi connectivity index (χ3n) is 4.21. The molecule has 1 aromatic heterocycles. The third-order valence-corrected chi connectivity index (χ3v) is 5.01. The number of anilines is 2. The highest BCUT2D eigenvalue weighted by Gasteiger charge is 2.32. The lowest BCUT2D eigenvalue weighted by molar-refractivity contribution is -0.117. The smallest absolute Gasteiger partial charge is 0.231 e. The summed E-state index contributed by atoms with van der Waals surface area (Å²) >= 11 is 1.60. The van der Waals surface area contributed by atoms with E-state index in [1.807, 2.05) is 11.0 Å². The number of nitrogens with zero attached hydrogens (tertiary/aromatic N) is 2. The number of aryl methyl sites for hydroxylation is 1. The molecule has 4 nitrogen and oxygen atoms in total. The van der Waals surface area contributed by atoms with Gasteiger partial charge in [-0.05, 0) is 36.1 Å². The van der Waals surface area contributed by atoms with Crippen LogP contribution in [0.1, 0.15) is 17.5 Å². The number of aromatic nitrogens is 1. The van der Waals surface area contributed by atoms with Gasteiger partial charge in [-0.2, -0.15) is 0 Å². The van der Waals surface area contributed by atoms with Crippen LogP contribution in [0.25, 0.3) is 11.3 Å². The Morgan fingerprint density at radius 3 is 3.14 bits per heavy atom. The molecule has 22 heavy (non-hydrogen) atoms. The van der Waals surface area contributed by atoms with Gasteiger partial charge in [0.15, 0.2) is 5.13 Å². The summed E-state index contributed by atoms with van der Waals surface area (Å²) in [6, 6.07) is 4.34. The van der Waals surface area contributed by atoms with E-state index in [1.165, 1.54) is 11.3 Å². The monoisotopic (exact) mass is 311 g/mol. The van der Waals surface area contributed by atoms with E-state index in [2.05, 4.69) is 34.4 Å². The van der Waals surface area contributed by atoms with Gasteiger partial charge in [0, 0.05) is 24.0 Å².